The molecule has 0 unspecified atom stereocenters. The van der Waals surface area contributed by atoms with E-state index in [-0.39, 0.29) is 6.61 Å². The number of rotatable bonds is 5. The lowest BCUT2D eigenvalue weighted by atomic mass is 10.2. The van der Waals surface area contributed by atoms with Crippen molar-refractivity contribution in [1.82, 2.24) is 15.0 Å². The summed E-state index contributed by atoms with van der Waals surface area (Å²) in [6.07, 6.45) is 0.774. The summed E-state index contributed by atoms with van der Waals surface area (Å²) in [6.45, 7) is 4.54. The first kappa shape index (κ1) is 12.6. The molecule has 0 spiro atoms. The molecule has 5 nitrogen and oxygen atoms in total. The van der Waals surface area contributed by atoms with E-state index in [2.05, 4.69) is 10.3 Å². The van der Waals surface area contributed by atoms with Crippen molar-refractivity contribution in [2.45, 2.75) is 26.9 Å². The lowest BCUT2D eigenvalue weighted by Crippen LogP contribution is -2.03. The molecule has 0 fully saturated rings. The predicted molar refractivity (Wildman–Crippen MR) is 67.8 cm³/mol. The van der Waals surface area contributed by atoms with Crippen LogP contribution in [0.4, 0.5) is 0 Å². The fourth-order valence-corrected chi connectivity index (χ4v) is 1.87. The lowest BCUT2D eigenvalue weighted by Gasteiger charge is -2.07. The minimum absolute atomic E-state index is 0.0831. The van der Waals surface area contributed by atoms with Gasteiger partial charge in [0.15, 0.2) is 0 Å². The standard InChI is InChI=1S/C13H17N3O2/c1-3-13-12(9-17)14-15-16(13)10-5-7-11(8-6-10)18-4-2/h5-8,17H,3-4,9H2,1-2H3. The highest BCUT2D eigenvalue weighted by molar-refractivity contribution is 5.38. The summed E-state index contributed by atoms with van der Waals surface area (Å²) < 4.78 is 7.15. The maximum atomic E-state index is 9.19. The molecule has 0 amide bonds. The highest BCUT2D eigenvalue weighted by Crippen LogP contribution is 2.17. The summed E-state index contributed by atoms with van der Waals surface area (Å²) in [5.74, 6) is 0.835. The van der Waals surface area contributed by atoms with Gasteiger partial charge in [-0.15, -0.1) is 5.10 Å². The molecule has 1 aromatic carbocycles. The fraction of sp³-hybridized carbons (Fsp3) is 0.385. The van der Waals surface area contributed by atoms with Crippen molar-refractivity contribution in [3.63, 3.8) is 0 Å². The van der Waals surface area contributed by atoms with Gasteiger partial charge in [-0.25, -0.2) is 4.68 Å². The van der Waals surface area contributed by atoms with Crippen LogP contribution in [-0.4, -0.2) is 26.7 Å². The van der Waals surface area contributed by atoms with Crippen LogP contribution in [0.3, 0.4) is 0 Å². The molecule has 2 aromatic rings. The molecule has 0 atom stereocenters. The maximum Gasteiger partial charge on any atom is 0.119 e. The van der Waals surface area contributed by atoms with Crippen molar-refractivity contribution in [3.05, 3.63) is 35.7 Å². The second-order valence-corrected chi connectivity index (χ2v) is 3.83. The summed E-state index contributed by atoms with van der Waals surface area (Å²) >= 11 is 0. The Balaban J connectivity index is 2.33. The first-order valence-electron chi connectivity index (χ1n) is 6.07. The fourth-order valence-electron chi connectivity index (χ4n) is 1.87. The molecule has 0 aliphatic rings. The number of benzene rings is 1. The molecule has 96 valence electrons. The van der Waals surface area contributed by atoms with E-state index in [1.807, 2.05) is 38.1 Å². The van der Waals surface area contributed by atoms with Gasteiger partial charge in [-0.3, -0.25) is 0 Å². The van der Waals surface area contributed by atoms with Gasteiger partial charge >= 0.3 is 0 Å². The van der Waals surface area contributed by atoms with E-state index in [1.54, 1.807) is 4.68 Å². The van der Waals surface area contributed by atoms with Gasteiger partial charge in [0.25, 0.3) is 0 Å². The molecule has 1 N–H and O–H groups in total. The van der Waals surface area contributed by atoms with Gasteiger partial charge in [-0.2, -0.15) is 0 Å². The number of nitrogens with zero attached hydrogens (tertiary/aromatic N) is 3. The second-order valence-electron chi connectivity index (χ2n) is 3.83. The Bertz CT molecular complexity index is 505. The molecular weight excluding hydrogens is 230 g/mol. The average Bonchev–Trinajstić information content (AvgIpc) is 2.82. The van der Waals surface area contributed by atoms with Crippen molar-refractivity contribution < 1.29 is 9.84 Å². The van der Waals surface area contributed by atoms with Gasteiger partial charge in [0.1, 0.15) is 11.4 Å². The summed E-state index contributed by atoms with van der Waals surface area (Å²) in [7, 11) is 0. The zero-order valence-electron chi connectivity index (χ0n) is 10.6. The van der Waals surface area contributed by atoms with Gasteiger partial charge in [-0.1, -0.05) is 12.1 Å². The molecule has 2 rings (SSSR count). The van der Waals surface area contributed by atoms with Gasteiger partial charge in [0.05, 0.1) is 24.6 Å². The van der Waals surface area contributed by atoms with E-state index in [0.29, 0.717) is 12.3 Å². The molecule has 0 saturated heterocycles. The second kappa shape index (κ2) is 5.64. The zero-order valence-corrected chi connectivity index (χ0v) is 10.6. The van der Waals surface area contributed by atoms with E-state index >= 15 is 0 Å². The van der Waals surface area contributed by atoms with Gasteiger partial charge < -0.3 is 9.84 Å². The number of aliphatic hydroxyl groups excluding tert-OH is 1. The van der Waals surface area contributed by atoms with Crippen LogP contribution in [-0.2, 0) is 13.0 Å². The van der Waals surface area contributed by atoms with Gasteiger partial charge in [-0.05, 0) is 37.6 Å². The van der Waals surface area contributed by atoms with Crippen molar-refractivity contribution in [2.75, 3.05) is 6.61 Å². The molecule has 0 saturated carbocycles. The molecule has 18 heavy (non-hydrogen) atoms. The Morgan fingerprint density at radius 3 is 2.50 bits per heavy atom. The molecule has 0 aliphatic heterocycles. The Morgan fingerprint density at radius 2 is 1.94 bits per heavy atom. The van der Waals surface area contributed by atoms with Gasteiger partial charge in [0.2, 0.25) is 0 Å². The van der Waals surface area contributed by atoms with E-state index in [9.17, 15) is 5.11 Å². The Hall–Kier alpha value is -1.88. The number of ether oxygens (including phenoxy) is 1. The highest BCUT2D eigenvalue weighted by atomic mass is 16.5. The van der Waals surface area contributed by atoms with Crippen LogP contribution in [0, 0.1) is 0 Å². The SMILES string of the molecule is CCOc1ccc(-n2nnc(CO)c2CC)cc1. The van der Waals surface area contributed by atoms with Crippen LogP contribution < -0.4 is 4.74 Å². The number of hydrogen-bond acceptors (Lipinski definition) is 4. The topological polar surface area (TPSA) is 60.2 Å². The smallest absolute Gasteiger partial charge is 0.119 e. The maximum absolute atomic E-state index is 9.19. The Morgan fingerprint density at radius 1 is 1.22 bits per heavy atom. The van der Waals surface area contributed by atoms with Crippen LogP contribution in [0.25, 0.3) is 5.69 Å². The summed E-state index contributed by atoms with van der Waals surface area (Å²) in [6, 6.07) is 7.66. The van der Waals surface area contributed by atoms with E-state index in [1.165, 1.54) is 0 Å². The third-order valence-corrected chi connectivity index (χ3v) is 2.72. The van der Waals surface area contributed by atoms with E-state index in [4.69, 9.17) is 4.74 Å². The monoisotopic (exact) mass is 247 g/mol. The summed E-state index contributed by atoms with van der Waals surface area (Å²) in [4.78, 5) is 0. The molecule has 0 radical (unpaired) electrons. The largest absolute Gasteiger partial charge is 0.494 e. The highest BCUT2D eigenvalue weighted by Gasteiger charge is 2.11. The van der Waals surface area contributed by atoms with Crippen LogP contribution in [0.5, 0.6) is 5.75 Å². The van der Waals surface area contributed by atoms with E-state index < -0.39 is 0 Å². The first-order valence-corrected chi connectivity index (χ1v) is 6.07. The molecule has 0 aliphatic carbocycles. The minimum Gasteiger partial charge on any atom is -0.494 e. The van der Waals surface area contributed by atoms with Crippen molar-refractivity contribution in [2.24, 2.45) is 0 Å². The molecule has 1 aromatic heterocycles. The molecule has 1 heterocycles. The predicted octanol–water partition coefficient (Wildman–Crippen LogP) is 1.72. The van der Waals surface area contributed by atoms with Crippen LogP contribution in [0.2, 0.25) is 0 Å². The first-order chi connectivity index (χ1) is 8.80. The van der Waals surface area contributed by atoms with Crippen LogP contribution in [0.15, 0.2) is 24.3 Å². The number of hydrogen-bond donors (Lipinski definition) is 1. The third kappa shape index (κ3) is 2.36. The normalized spacial score (nSPS) is 10.6. The van der Waals surface area contributed by atoms with Crippen molar-refractivity contribution in [3.8, 4) is 11.4 Å². The molecular formula is C13H17N3O2. The molecule has 0 bridgehead atoms. The Kier molecular flexibility index (Phi) is 3.94. The van der Waals surface area contributed by atoms with Gasteiger partial charge in [0, 0.05) is 0 Å². The van der Waals surface area contributed by atoms with Crippen LogP contribution in [0.1, 0.15) is 25.2 Å². The molecule has 5 heteroatoms. The average molecular weight is 247 g/mol. The van der Waals surface area contributed by atoms with Crippen LogP contribution >= 0.6 is 0 Å². The van der Waals surface area contributed by atoms with Crippen molar-refractivity contribution >= 4 is 0 Å². The number of aromatic nitrogens is 3. The quantitative estimate of drug-likeness (QED) is 0.874. The Labute approximate surface area is 106 Å². The summed E-state index contributed by atoms with van der Waals surface area (Å²) in [5, 5.41) is 17.2. The van der Waals surface area contributed by atoms with E-state index in [0.717, 1.165) is 23.6 Å². The van der Waals surface area contributed by atoms with Crippen molar-refractivity contribution in [1.29, 1.82) is 0 Å². The minimum atomic E-state index is -0.0831. The lowest BCUT2D eigenvalue weighted by molar-refractivity contribution is 0.275. The third-order valence-electron chi connectivity index (χ3n) is 2.72. The summed E-state index contributed by atoms with van der Waals surface area (Å²) in [5.41, 5.74) is 2.48. The number of aliphatic hydroxyl groups is 1. The zero-order chi connectivity index (χ0) is 13.0.